The minimum absolute atomic E-state index is 0.189. The lowest BCUT2D eigenvalue weighted by Gasteiger charge is -2.02. The third-order valence-electron chi connectivity index (χ3n) is 2.85. The van der Waals surface area contributed by atoms with Crippen LogP contribution in [-0.2, 0) is 4.79 Å². The number of nitriles is 1. The molecular weight excluding hydrogens is 398 g/mol. The fraction of sp³-hybridized carbons (Fsp3) is 0.0667. The van der Waals surface area contributed by atoms with Gasteiger partial charge in [-0.1, -0.05) is 40.8 Å². The first-order chi connectivity index (χ1) is 12.1. The van der Waals surface area contributed by atoms with E-state index in [9.17, 15) is 4.79 Å². The van der Waals surface area contributed by atoms with Crippen LogP contribution in [0.3, 0.4) is 0 Å². The minimum Gasteiger partial charge on any atom is -0.330 e. The number of amides is 1. The van der Waals surface area contributed by atoms with Crippen LogP contribution in [-0.4, -0.2) is 21.9 Å². The Balaban J connectivity index is 1.53. The van der Waals surface area contributed by atoms with Gasteiger partial charge in [-0.3, -0.25) is 4.79 Å². The summed E-state index contributed by atoms with van der Waals surface area (Å²) in [5.74, 6) is -0.00215. The van der Waals surface area contributed by atoms with Crippen LogP contribution in [0.4, 0.5) is 15.8 Å². The second kappa shape index (κ2) is 8.31. The van der Waals surface area contributed by atoms with Crippen molar-refractivity contribution >= 4 is 67.8 Å². The molecule has 2 heterocycles. The lowest BCUT2D eigenvalue weighted by Crippen LogP contribution is -2.13. The van der Waals surface area contributed by atoms with Crippen molar-refractivity contribution in [1.82, 2.24) is 10.2 Å². The molecule has 10 heteroatoms. The van der Waals surface area contributed by atoms with Gasteiger partial charge in [0.2, 0.25) is 11.0 Å². The smallest absolute Gasteiger partial charge is 0.235 e. The Morgan fingerprint density at radius 3 is 3.04 bits per heavy atom. The monoisotopic (exact) mass is 407 g/mol. The molecule has 6 nitrogen and oxygen atoms in total. The number of rotatable bonds is 6. The molecule has 0 unspecified atom stereocenters. The Bertz CT molecular complexity index is 933. The van der Waals surface area contributed by atoms with E-state index in [0.717, 1.165) is 5.69 Å². The molecule has 0 bridgehead atoms. The molecule has 0 saturated heterocycles. The predicted octanol–water partition coefficient (Wildman–Crippen LogP) is 4.60. The van der Waals surface area contributed by atoms with E-state index in [1.165, 1.54) is 34.4 Å². The highest BCUT2D eigenvalue weighted by molar-refractivity contribution is 8.01. The van der Waals surface area contributed by atoms with Gasteiger partial charge in [0, 0.05) is 10.7 Å². The average Bonchev–Trinajstić information content (AvgIpc) is 3.22. The van der Waals surface area contributed by atoms with Crippen LogP contribution in [0.1, 0.15) is 5.56 Å². The summed E-state index contributed by atoms with van der Waals surface area (Å²) < 4.78 is 0.673. The standard InChI is InChI=1S/C15H10ClN5OS3/c16-10-2-1-3-11(6-10)18-14-20-21-15(25-14)24-8-12(22)19-13-9(7-17)4-5-23-13/h1-6H,8H2,(H,18,20)(H,19,22). The number of nitrogens with zero attached hydrogens (tertiary/aromatic N) is 3. The Hall–Kier alpha value is -2.12. The maximum atomic E-state index is 12.0. The number of thioether (sulfide) groups is 1. The zero-order valence-electron chi connectivity index (χ0n) is 12.5. The highest BCUT2D eigenvalue weighted by Gasteiger charge is 2.11. The first-order valence-corrected chi connectivity index (χ1v) is 9.96. The summed E-state index contributed by atoms with van der Waals surface area (Å²) in [5.41, 5.74) is 1.28. The summed E-state index contributed by atoms with van der Waals surface area (Å²) >= 11 is 9.90. The van der Waals surface area contributed by atoms with Gasteiger partial charge in [-0.15, -0.1) is 21.5 Å². The van der Waals surface area contributed by atoms with Crippen molar-refractivity contribution in [2.24, 2.45) is 0 Å². The van der Waals surface area contributed by atoms with Crippen LogP contribution in [0.15, 0.2) is 40.1 Å². The van der Waals surface area contributed by atoms with Crippen molar-refractivity contribution in [2.75, 3.05) is 16.4 Å². The molecule has 0 radical (unpaired) electrons. The number of nitrogens with one attached hydrogen (secondary N) is 2. The summed E-state index contributed by atoms with van der Waals surface area (Å²) in [6.07, 6.45) is 0. The molecule has 0 aliphatic carbocycles. The maximum absolute atomic E-state index is 12.0. The number of carbonyl (C=O) groups excluding carboxylic acids is 1. The van der Waals surface area contributed by atoms with Crippen LogP contribution < -0.4 is 10.6 Å². The number of benzene rings is 1. The Labute approximate surface area is 160 Å². The molecule has 126 valence electrons. The van der Waals surface area contributed by atoms with Crippen LogP contribution >= 0.6 is 46.0 Å². The molecule has 0 spiro atoms. The molecule has 0 aliphatic heterocycles. The van der Waals surface area contributed by atoms with E-state index in [1.54, 1.807) is 23.6 Å². The average molecular weight is 408 g/mol. The Morgan fingerprint density at radius 1 is 1.36 bits per heavy atom. The van der Waals surface area contributed by atoms with Crippen LogP contribution in [0.5, 0.6) is 0 Å². The normalized spacial score (nSPS) is 10.2. The van der Waals surface area contributed by atoms with Gasteiger partial charge in [-0.25, -0.2) is 0 Å². The van der Waals surface area contributed by atoms with E-state index in [0.29, 0.717) is 25.1 Å². The first kappa shape index (κ1) is 17.7. The van der Waals surface area contributed by atoms with Crippen molar-refractivity contribution in [3.63, 3.8) is 0 Å². The predicted molar refractivity (Wildman–Crippen MR) is 103 cm³/mol. The van der Waals surface area contributed by atoms with E-state index in [4.69, 9.17) is 16.9 Å². The largest absolute Gasteiger partial charge is 0.330 e. The second-order valence-electron chi connectivity index (χ2n) is 4.62. The fourth-order valence-corrected chi connectivity index (χ4v) is 4.31. The zero-order valence-corrected chi connectivity index (χ0v) is 15.7. The third kappa shape index (κ3) is 4.93. The number of aromatic nitrogens is 2. The molecular formula is C15H10ClN5OS3. The molecule has 0 aliphatic rings. The van der Waals surface area contributed by atoms with E-state index in [1.807, 2.05) is 18.2 Å². The summed E-state index contributed by atoms with van der Waals surface area (Å²) in [6.45, 7) is 0. The summed E-state index contributed by atoms with van der Waals surface area (Å²) in [6, 6.07) is 11.0. The van der Waals surface area contributed by atoms with Gasteiger partial charge in [-0.2, -0.15) is 5.26 Å². The number of halogens is 1. The summed E-state index contributed by atoms with van der Waals surface area (Å²) in [5, 5.41) is 26.4. The van der Waals surface area contributed by atoms with Crippen molar-refractivity contribution in [3.05, 3.63) is 46.3 Å². The molecule has 1 aromatic carbocycles. The highest BCUT2D eigenvalue weighted by atomic mass is 35.5. The van der Waals surface area contributed by atoms with E-state index >= 15 is 0 Å². The number of hydrogen-bond acceptors (Lipinski definition) is 8. The SMILES string of the molecule is N#Cc1ccsc1NC(=O)CSc1nnc(Nc2cccc(Cl)c2)s1. The summed E-state index contributed by atoms with van der Waals surface area (Å²) in [4.78, 5) is 12.0. The lowest BCUT2D eigenvalue weighted by atomic mass is 10.3. The number of hydrogen-bond donors (Lipinski definition) is 2. The molecule has 2 aromatic heterocycles. The highest BCUT2D eigenvalue weighted by Crippen LogP contribution is 2.29. The number of thiophene rings is 1. The van der Waals surface area contributed by atoms with E-state index in [2.05, 4.69) is 20.8 Å². The molecule has 1 amide bonds. The van der Waals surface area contributed by atoms with Gasteiger partial charge < -0.3 is 10.6 Å². The van der Waals surface area contributed by atoms with Gasteiger partial charge in [0.15, 0.2) is 4.34 Å². The van der Waals surface area contributed by atoms with Crippen LogP contribution in [0, 0.1) is 11.3 Å². The van der Waals surface area contributed by atoms with E-state index in [-0.39, 0.29) is 11.7 Å². The molecule has 3 rings (SSSR count). The molecule has 0 atom stereocenters. The topological polar surface area (TPSA) is 90.7 Å². The zero-order chi connectivity index (χ0) is 17.6. The molecule has 25 heavy (non-hydrogen) atoms. The number of anilines is 3. The Morgan fingerprint density at radius 2 is 2.24 bits per heavy atom. The van der Waals surface area contributed by atoms with Crippen molar-refractivity contribution in [3.8, 4) is 6.07 Å². The fourth-order valence-electron chi connectivity index (χ4n) is 1.79. The van der Waals surface area contributed by atoms with E-state index < -0.39 is 0 Å². The Kier molecular flexibility index (Phi) is 5.88. The minimum atomic E-state index is -0.191. The van der Waals surface area contributed by atoms with Gasteiger partial charge in [0.25, 0.3) is 0 Å². The van der Waals surface area contributed by atoms with Crippen molar-refractivity contribution in [1.29, 1.82) is 5.26 Å². The number of carbonyl (C=O) groups is 1. The first-order valence-electron chi connectivity index (χ1n) is 6.90. The van der Waals surface area contributed by atoms with Crippen LogP contribution in [0.25, 0.3) is 0 Å². The molecule has 0 saturated carbocycles. The van der Waals surface area contributed by atoms with Gasteiger partial charge >= 0.3 is 0 Å². The second-order valence-corrected chi connectivity index (χ2v) is 8.17. The molecule has 0 fully saturated rings. The third-order valence-corrected chi connectivity index (χ3v) is 5.88. The van der Waals surface area contributed by atoms with Gasteiger partial charge in [0.05, 0.1) is 11.3 Å². The summed E-state index contributed by atoms with van der Waals surface area (Å²) in [7, 11) is 0. The van der Waals surface area contributed by atoms with Crippen molar-refractivity contribution < 1.29 is 4.79 Å². The maximum Gasteiger partial charge on any atom is 0.235 e. The van der Waals surface area contributed by atoms with Crippen LogP contribution in [0.2, 0.25) is 5.02 Å². The van der Waals surface area contributed by atoms with Gasteiger partial charge in [-0.05, 0) is 29.6 Å². The lowest BCUT2D eigenvalue weighted by molar-refractivity contribution is -0.113. The quantitative estimate of drug-likeness (QED) is 0.580. The molecule has 2 N–H and O–H groups in total. The van der Waals surface area contributed by atoms with Crippen molar-refractivity contribution in [2.45, 2.75) is 4.34 Å². The van der Waals surface area contributed by atoms with Gasteiger partial charge in [0.1, 0.15) is 11.1 Å². The molecule has 3 aromatic rings.